The number of benzene rings is 2. The van der Waals surface area contributed by atoms with Gasteiger partial charge >= 0.3 is 0 Å². The zero-order chi connectivity index (χ0) is 23.7. The summed E-state index contributed by atoms with van der Waals surface area (Å²) in [7, 11) is 3.10. The number of carbonyl (C=O) groups is 1. The lowest BCUT2D eigenvalue weighted by atomic mass is 9.97. The fraction of sp³-hybridized carbons (Fsp3) is 0.269. The zero-order valence-electron chi connectivity index (χ0n) is 19.0. The van der Waals surface area contributed by atoms with Crippen molar-refractivity contribution in [1.82, 2.24) is 9.55 Å². The van der Waals surface area contributed by atoms with Gasteiger partial charge in [-0.1, -0.05) is 30.0 Å². The molecule has 5 rings (SSSR count). The third-order valence-electron chi connectivity index (χ3n) is 6.01. The Morgan fingerprint density at radius 1 is 1.06 bits per heavy atom. The van der Waals surface area contributed by atoms with Crippen molar-refractivity contribution in [2.45, 2.75) is 30.8 Å². The Morgan fingerprint density at radius 3 is 2.59 bits per heavy atom. The van der Waals surface area contributed by atoms with Gasteiger partial charge in [0.15, 0.2) is 22.4 Å². The molecule has 1 aliphatic carbocycles. The number of aryl methyl sites for hydroxylation is 2. The molecule has 0 bridgehead atoms. The Balaban J connectivity index is 1.54. The third-order valence-corrected chi connectivity index (χ3v) is 8.13. The number of ketones is 1. The van der Waals surface area contributed by atoms with E-state index in [1.54, 1.807) is 48.3 Å². The van der Waals surface area contributed by atoms with Gasteiger partial charge in [-0.3, -0.25) is 14.2 Å². The molecule has 1 aliphatic rings. The number of Topliss-reactive ketones (excluding diaryl/α,β-unsaturated/α-hetero) is 1. The molecule has 4 aromatic rings. The molecule has 0 radical (unpaired) electrons. The van der Waals surface area contributed by atoms with Gasteiger partial charge in [0.2, 0.25) is 0 Å². The predicted octanol–water partition coefficient (Wildman–Crippen LogP) is 5.32. The quantitative estimate of drug-likeness (QED) is 0.198. The van der Waals surface area contributed by atoms with Crippen molar-refractivity contribution < 1.29 is 14.3 Å². The number of thioether (sulfide) groups is 1. The number of nitrogens with zero attached hydrogens (tertiary/aromatic N) is 2. The SMILES string of the molecule is COc1ccc(C(=O)CSc2nc3sc4c(c3c(=O)n2-c2ccccc2)CCCC4)cc1OC. The highest BCUT2D eigenvalue weighted by molar-refractivity contribution is 7.99. The van der Waals surface area contributed by atoms with Crippen LogP contribution in [0.5, 0.6) is 11.5 Å². The topological polar surface area (TPSA) is 70.4 Å². The largest absolute Gasteiger partial charge is 0.493 e. The summed E-state index contributed by atoms with van der Waals surface area (Å²) in [6, 6.07) is 14.6. The summed E-state index contributed by atoms with van der Waals surface area (Å²) in [6.45, 7) is 0. The number of rotatable bonds is 7. The summed E-state index contributed by atoms with van der Waals surface area (Å²) >= 11 is 2.90. The van der Waals surface area contributed by atoms with Gasteiger partial charge in [-0.2, -0.15) is 0 Å². The van der Waals surface area contributed by atoms with E-state index in [0.29, 0.717) is 22.2 Å². The maximum Gasteiger partial charge on any atom is 0.267 e. The summed E-state index contributed by atoms with van der Waals surface area (Å²) < 4.78 is 12.2. The average Bonchev–Trinajstić information content (AvgIpc) is 3.26. The highest BCUT2D eigenvalue weighted by atomic mass is 32.2. The van der Waals surface area contributed by atoms with E-state index in [4.69, 9.17) is 14.5 Å². The zero-order valence-corrected chi connectivity index (χ0v) is 20.6. The summed E-state index contributed by atoms with van der Waals surface area (Å²) in [6.07, 6.45) is 4.17. The van der Waals surface area contributed by atoms with Crippen LogP contribution >= 0.6 is 23.1 Å². The minimum Gasteiger partial charge on any atom is -0.493 e. The lowest BCUT2D eigenvalue weighted by molar-refractivity contribution is 0.102. The molecule has 2 aromatic carbocycles. The summed E-state index contributed by atoms with van der Waals surface area (Å²) in [5, 5.41) is 1.26. The second-order valence-electron chi connectivity index (χ2n) is 8.04. The van der Waals surface area contributed by atoms with E-state index in [9.17, 15) is 9.59 Å². The van der Waals surface area contributed by atoms with Gasteiger partial charge in [-0.15, -0.1) is 11.3 Å². The first-order chi connectivity index (χ1) is 16.6. The second-order valence-corrected chi connectivity index (χ2v) is 10.1. The molecule has 8 heteroatoms. The van der Waals surface area contributed by atoms with Gasteiger partial charge in [-0.25, -0.2) is 4.98 Å². The van der Waals surface area contributed by atoms with Crippen LogP contribution in [0.1, 0.15) is 33.6 Å². The van der Waals surface area contributed by atoms with Crippen molar-refractivity contribution in [3.63, 3.8) is 0 Å². The minimum atomic E-state index is -0.0783. The molecule has 2 aromatic heterocycles. The van der Waals surface area contributed by atoms with Crippen LogP contribution in [0, 0.1) is 0 Å². The molecule has 0 atom stereocenters. The Labute approximate surface area is 205 Å². The van der Waals surface area contributed by atoms with E-state index < -0.39 is 0 Å². The lowest BCUT2D eigenvalue weighted by Gasteiger charge is -2.13. The van der Waals surface area contributed by atoms with E-state index in [-0.39, 0.29) is 17.1 Å². The standard InChI is InChI=1S/C26H24N2O4S2/c1-31-20-13-12-16(14-21(20)32-2)19(29)15-33-26-27-24-23(18-10-6-7-11-22(18)34-24)25(30)28(26)17-8-4-3-5-9-17/h3-5,8-9,12-14H,6-7,10-11,15H2,1-2H3. The van der Waals surface area contributed by atoms with Crippen molar-refractivity contribution in [3.05, 3.63) is 74.9 Å². The maximum atomic E-state index is 13.8. The van der Waals surface area contributed by atoms with Gasteiger partial charge in [-0.05, 0) is 61.6 Å². The molecule has 34 heavy (non-hydrogen) atoms. The number of carbonyl (C=O) groups excluding carboxylic acids is 1. The molecule has 0 unspecified atom stereocenters. The molecule has 0 N–H and O–H groups in total. The Kier molecular flexibility index (Phi) is 6.43. The molecular weight excluding hydrogens is 468 g/mol. The molecule has 2 heterocycles. The molecule has 0 saturated heterocycles. The van der Waals surface area contributed by atoms with E-state index in [1.165, 1.54) is 16.6 Å². The number of aromatic nitrogens is 2. The van der Waals surface area contributed by atoms with E-state index in [2.05, 4.69) is 0 Å². The van der Waals surface area contributed by atoms with Crippen LogP contribution < -0.4 is 15.0 Å². The van der Waals surface area contributed by atoms with Crippen LogP contribution in [0.15, 0.2) is 58.5 Å². The van der Waals surface area contributed by atoms with Gasteiger partial charge in [0.1, 0.15) is 4.83 Å². The highest BCUT2D eigenvalue weighted by Crippen LogP contribution is 2.35. The molecule has 0 saturated carbocycles. The predicted molar refractivity (Wildman–Crippen MR) is 136 cm³/mol. The summed E-state index contributed by atoms with van der Waals surface area (Å²) in [5.74, 6) is 1.14. The Hall–Kier alpha value is -3.10. The second kappa shape index (κ2) is 9.64. The van der Waals surface area contributed by atoms with Crippen LogP contribution in [0.2, 0.25) is 0 Å². The fourth-order valence-electron chi connectivity index (χ4n) is 4.31. The van der Waals surface area contributed by atoms with Gasteiger partial charge < -0.3 is 9.47 Å². The Morgan fingerprint density at radius 2 is 1.82 bits per heavy atom. The molecule has 0 aliphatic heterocycles. The molecule has 0 amide bonds. The number of thiophene rings is 1. The first-order valence-corrected chi connectivity index (χ1v) is 12.9. The maximum absolute atomic E-state index is 13.8. The minimum absolute atomic E-state index is 0.0586. The number of methoxy groups -OCH3 is 2. The average molecular weight is 493 g/mol. The van der Waals surface area contributed by atoms with Crippen LogP contribution in [0.4, 0.5) is 0 Å². The smallest absolute Gasteiger partial charge is 0.267 e. The monoisotopic (exact) mass is 492 g/mol. The van der Waals surface area contributed by atoms with Crippen LogP contribution in [-0.4, -0.2) is 35.3 Å². The van der Waals surface area contributed by atoms with Crippen molar-refractivity contribution in [3.8, 4) is 17.2 Å². The van der Waals surface area contributed by atoms with Gasteiger partial charge in [0.05, 0.1) is 31.0 Å². The van der Waals surface area contributed by atoms with Gasteiger partial charge in [0.25, 0.3) is 5.56 Å². The first kappa shape index (κ1) is 22.7. The normalized spacial score (nSPS) is 13.0. The van der Waals surface area contributed by atoms with Crippen LogP contribution in [0.3, 0.4) is 0 Å². The van der Waals surface area contributed by atoms with Crippen LogP contribution in [0.25, 0.3) is 15.9 Å². The summed E-state index contributed by atoms with van der Waals surface area (Å²) in [4.78, 5) is 33.7. The molecule has 6 nitrogen and oxygen atoms in total. The molecule has 174 valence electrons. The summed E-state index contributed by atoms with van der Waals surface area (Å²) in [5.41, 5.74) is 2.37. The number of para-hydroxylation sites is 1. The molecular formula is C26H24N2O4S2. The van der Waals surface area contributed by atoms with E-state index in [1.807, 2.05) is 30.3 Å². The van der Waals surface area contributed by atoms with E-state index in [0.717, 1.165) is 47.2 Å². The van der Waals surface area contributed by atoms with Gasteiger partial charge in [0, 0.05) is 10.4 Å². The lowest BCUT2D eigenvalue weighted by Crippen LogP contribution is -2.22. The van der Waals surface area contributed by atoms with E-state index >= 15 is 0 Å². The van der Waals surface area contributed by atoms with Crippen molar-refractivity contribution >= 4 is 39.1 Å². The number of hydrogen-bond acceptors (Lipinski definition) is 7. The molecule has 0 fully saturated rings. The highest BCUT2D eigenvalue weighted by Gasteiger charge is 2.23. The Bertz CT molecular complexity index is 1430. The molecule has 0 spiro atoms. The number of hydrogen-bond donors (Lipinski definition) is 0. The fourth-order valence-corrected chi connectivity index (χ4v) is 6.52. The number of ether oxygens (including phenoxy) is 2. The van der Waals surface area contributed by atoms with Crippen molar-refractivity contribution in [2.24, 2.45) is 0 Å². The number of fused-ring (bicyclic) bond motifs is 3. The van der Waals surface area contributed by atoms with Crippen molar-refractivity contribution in [2.75, 3.05) is 20.0 Å². The first-order valence-electron chi connectivity index (χ1n) is 11.1. The van der Waals surface area contributed by atoms with Crippen molar-refractivity contribution in [1.29, 1.82) is 0 Å². The third kappa shape index (κ3) is 4.12. The van der Waals surface area contributed by atoms with Crippen LogP contribution in [-0.2, 0) is 12.8 Å².